The van der Waals surface area contributed by atoms with Gasteiger partial charge in [0.15, 0.2) is 0 Å². The van der Waals surface area contributed by atoms with E-state index in [1.54, 1.807) is 18.2 Å². The molecule has 17 heavy (non-hydrogen) atoms. The van der Waals surface area contributed by atoms with Crippen molar-refractivity contribution < 1.29 is 9.18 Å². The first-order chi connectivity index (χ1) is 8.25. The topological polar surface area (TPSA) is 29.1 Å². The molecule has 1 aliphatic rings. The van der Waals surface area contributed by atoms with E-state index in [4.69, 9.17) is 0 Å². The molecule has 0 saturated heterocycles. The number of benzene rings is 1. The van der Waals surface area contributed by atoms with Crippen LogP contribution >= 0.6 is 0 Å². The summed E-state index contributed by atoms with van der Waals surface area (Å²) in [6.07, 6.45) is 7.39. The lowest BCUT2D eigenvalue weighted by Gasteiger charge is -2.09. The molecule has 90 valence electrons. The molecule has 1 N–H and O–H groups in total. The fraction of sp³-hybridized carbons (Fsp3) is 0.357. The largest absolute Gasteiger partial charge is 0.350 e. The fourth-order valence-electron chi connectivity index (χ4n) is 2.10. The Bertz CT molecular complexity index is 422. The highest BCUT2D eigenvalue weighted by atomic mass is 19.1. The van der Waals surface area contributed by atoms with Gasteiger partial charge in [-0.1, -0.05) is 31.0 Å². The molecule has 1 aromatic rings. The van der Waals surface area contributed by atoms with Gasteiger partial charge in [-0.3, -0.25) is 4.79 Å². The molecule has 1 aliphatic carbocycles. The van der Waals surface area contributed by atoms with E-state index in [0.717, 1.165) is 12.8 Å². The summed E-state index contributed by atoms with van der Waals surface area (Å²) in [7, 11) is 0. The highest BCUT2D eigenvalue weighted by molar-refractivity contribution is 5.91. The maximum absolute atomic E-state index is 13.3. The molecule has 2 rings (SSSR count). The van der Waals surface area contributed by atoms with E-state index in [1.165, 1.54) is 31.1 Å². The van der Waals surface area contributed by atoms with Crippen molar-refractivity contribution in [1.29, 1.82) is 0 Å². The third-order valence-electron chi connectivity index (χ3n) is 3.02. The minimum atomic E-state index is -0.308. The summed E-state index contributed by atoms with van der Waals surface area (Å²) in [5.41, 5.74) is 0.439. The van der Waals surface area contributed by atoms with Gasteiger partial charge in [0.2, 0.25) is 5.91 Å². The SMILES string of the molecule is O=C(/C=C\c1ccccc1F)NC1CCCC1. The maximum atomic E-state index is 13.3. The van der Waals surface area contributed by atoms with Crippen molar-refractivity contribution >= 4 is 12.0 Å². The van der Waals surface area contributed by atoms with Gasteiger partial charge in [-0.05, 0) is 25.0 Å². The molecule has 0 bridgehead atoms. The van der Waals surface area contributed by atoms with Gasteiger partial charge in [0.25, 0.3) is 0 Å². The van der Waals surface area contributed by atoms with Gasteiger partial charge in [-0.2, -0.15) is 0 Å². The van der Waals surface area contributed by atoms with E-state index in [-0.39, 0.29) is 11.7 Å². The summed E-state index contributed by atoms with van der Waals surface area (Å²) in [5, 5.41) is 2.92. The molecule has 0 unspecified atom stereocenters. The first-order valence-electron chi connectivity index (χ1n) is 5.99. The monoisotopic (exact) mass is 233 g/mol. The smallest absolute Gasteiger partial charge is 0.244 e. The molecule has 1 aromatic carbocycles. The van der Waals surface area contributed by atoms with Crippen LogP contribution in [-0.4, -0.2) is 11.9 Å². The van der Waals surface area contributed by atoms with Crippen molar-refractivity contribution in [3.05, 3.63) is 41.7 Å². The van der Waals surface area contributed by atoms with Crippen LogP contribution in [0.25, 0.3) is 6.08 Å². The van der Waals surface area contributed by atoms with Crippen LogP contribution in [0.15, 0.2) is 30.3 Å². The molecule has 0 heterocycles. The van der Waals surface area contributed by atoms with E-state index < -0.39 is 0 Å². The summed E-state index contributed by atoms with van der Waals surface area (Å²) in [6, 6.07) is 6.71. The highest BCUT2D eigenvalue weighted by Crippen LogP contribution is 2.17. The Balaban J connectivity index is 1.91. The Hall–Kier alpha value is -1.64. The van der Waals surface area contributed by atoms with Crippen molar-refractivity contribution in [2.75, 3.05) is 0 Å². The predicted molar refractivity (Wildman–Crippen MR) is 65.8 cm³/mol. The Morgan fingerprint density at radius 1 is 1.29 bits per heavy atom. The van der Waals surface area contributed by atoms with Crippen molar-refractivity contribution in [2.45, 2.75) is 31.7 Å². The number of carbonyl (C=O) groups is 1. The average molecular weight is 233 g/mol. The van der Waals surface area contributed by atoms with Crippen molar-refractivity contribution in [3.63, 3.8) is 0 Å². The summed E-state index contributed by atoms with van der Waals surface area (Å²) >= 11 is 0. The molecular weight excluding hydrogens is 217 g/mol. The summed E-state index contributed by atoms with van der Waals surface area (Å²) in [6.45, 7) is 0. The van der Waals surface area contributed by atoms with Crippen LogP contribution in [0.2, 0.25) is 0 Å². The van der Waals surface area contributed by atoms with E-state index in [0.29, 0.717) is 11.6 Å². The number of hydrogen-bond acceptors (Lipinski definition) is 1. The predicted octanol–water partition coefficient (Wildman–Crippen LogP) is 2.90. The van der Waals surface area contributed by atoms with Gasteiger partial charge in [-0.25, -0.2) is 4.39 Å². The standard InChI is InChI=1S/C14H16FNO/c15-13-8-4-1-5-11(13)9-10-14(17)16-12-6-2-3-7-12/h1,4-5,8-10,12H,2-3,6-7H2,(H,16,17)/b10-9-. The molecule has 3 heteroatoms. The molecular formula is C14H16FNO. The summed E-state index contributed by atoms with van der Waals surface area (Å²) < 4.78 is 13.3. The van der Waals surface area contributed by atoms with E-state index >= 15 is 0 Å². The van der Waals surface area contributed by atoms with Gasteiger partial charge in [-0.15, -0.1) is 0 Å². The third kappa shape index (κ3) is 3.41. The molecule has 0 radical (unpaired) electrons. The van der Waals surface area contributed by atoms with Crippen molar-refractivity contribution in [2.24, 2.45) is 0 Å². The van der Waals surface area contributed by atoms with Crippen molar-refractivity contribution in [1.82, 2.24) is 5.32 Å². The van der Waals surface area contributed by atoms with Crippen LogP contribution in [-0.2, 0) is 4.79 Å². The highest BCUT2D eigenvalue weighted by Gasteiger charge is 2.15. The molecule has 1 fully saturated rings. The maximum Gasteiger partial charge on any atom is 0.244 e. The van der Waals surface area contributed by atoms with E-state index in [2.05, 4.69) is 5.32 Å². The zero-order valence-electron chi connectivity index (χ0n) is 9.66. The molecule has 0 spiro atoms. The Morgan fingerprint density at radius 3 is 2.71 bits per heavy atom. The molecule has 0 aliphatic heterocycles. The third-order valence-corrected chi connectivity index (χ3v) is 3.02. The molecule has 0 aromatic heterocycles. The number of halogens is 1. The first kappa shape index (κ1) is 11.8. The lowest BCUT2D eigenvalue weighted by Crippen LogP contribution is -2.30. The minimum absolute atomic E-state index is 0.139. The molecule has 2 nitrogen and oxygen atoms in total. The minimum Gasteiger partial charge on any atom is -0.350 e. The number of rotatable bonds is 3. The zero-order chi connectivity index (χ0) is 12.1. The number of carbonyl (C=O) groups excluding carboxylic acids is 1. The number of hydrogen-bond donors (Lipinski definition) is 1. The van der Waals surface area contributed by atoms with Crippen molar-refractivity contribution in [3.8, 4) is 0 Å². The van der Waals surface area contributed by atoms with Crippen LogP contribution in [0.5, 0.6) is 0 Å². The lowest BCUT2D eigenvalue weighted by atomic mass is 10.2. The number of amides is 1. The average Bonchev–Trinajstić information content (AvgIpc) is 2.81. The second-order valence-corrected chi connectivity index (χ2v) is 4.34. The van der Waals surface area contributed by atoms with Gasteiger partial charge in [0.1, 0.15) is 5.82 Å². The van der Waals surface area contributed by atoms with Gasteiger partial charge in [0.05, 0.1) is 0 Å². The van der Waals surface area contributed by atoms with E-state index in [1.807, 2.05) is 0 Å². The van der Waals surface area contributed by atoms with Crippen LogP contribution in [0.3, 0.4) is 0 Å². The van der Waals surface area contributed by atoms with Crippen LogP contribution < -0.4 is 5.32 Å². The van der Waals surface area contributed by atoms with Crippen LogP contribution in [0, 0.1) is 5.82 Å². The quantitative estimate of drug-likeness (QED) is 0.799. The second-order valence-electron chi connectivity index (χ2n) is 4.34. The molecule has 0 atom stereocenters. The lowest BCUT2D eigenvalue weighted by molar-refractivity contribution is -0.117. The summed E-state index contributed by atoms with van der Waals surface area (Å²) in [5.74, 6) is -0.447. The Kier molecular flexibility index (Phi) is 3.91. The van der Waals surface area contributed by atoms with E-state index in [9.17, 15) is 9.18 Å². The molecule has 1 saturated carbocycles. The first-order valence-corrected chi connectivity index (χ1v) is 5.99. The Labute approximate surface area is 101 Å². The van der Waals surface area contributed by atoms with Gasteiger partial charge < -0.3 is 5.32 Å². The normalized spacial score (nSPS) is 16.5. The van der Waals surface area contributed by atoms with Gasteiger partial charge >= 0.3 is 0 Å². The van der Waals surface area contributed by atoms with Crippen LogP contribution in [0.1, 0.15) is 31.2 Å². The fourth-order valence-corrected chi connectivity index (χ4v) is 2.10. The summed E-state index contributed by atoms with van der Waals surface area (Å²) in [4.78, 5) is 11.6. The van der Waals surface area contributed by atoms with Gasteiger partial charge in [0, 0.05) is 17.7 Å². The number of nitrogens with one attached hydrogen (secondary N) is 1. The zero-order valence-corrected chi connectivity index (χ0v) is 9.66. The molecule has 1 amide bonds. The van der Waals surface area contributed by atoms with Crippen LogP contribution in [0.4, 0.5) is 4.39 Å². The second kappa shape index (κ2) is 5.62. The Morgan fingerprint density at radius 2 is 2.00 bits per heavy atom.